The van der Waals surface area contributed by atoms with Crippen molar-refractivity contribution in [2.24, 2.45) is 5.11 Å². The Morgan fingerprint density at radius 1 is 1.13 bits per heavy atom. The molecule has 0 radical (unpaired) electrons. The SMILES string of the molecule is COC1OCC(N=[N+]=N)C(OS(=O)(=O)c2ccc(C)cc2)C1OC(=O)c1ccccc1. The number of esters is 1. The Hall–Kier alpha value is -2.95. The third-order valence-electron chi connectivity index (χ3n) is 4.64. The molecule has 11 heteroatoms. The molecule has 4 unspecified atom stereocenters. The quantitative estimate of drug-likeness (QED) is 0.296. The van der Waals surface area contributed by atoms with Gasteiger partial charge in [0.1, 0.15) is 10.6 Å². The number of methoxy groups -OCH3 is 1. The monoisotopic (exact) mass is 448 g/mol. The molecule has 1 saturated heterocycles. The summed E-state index contributed by atoms with van der Waals surface area (Å²) < 4.78 is 47.5. The topological polar surface area (TPSA) is 138 Å². The number of nitrogens with one attached hydrogen (secondary N) is 1. The van der Waals surface area contributed by atoms with Gasteiger partial charge in [-0.25, -0.2) is 4.79 Å². The summed E-state index contributed by atoms with van der Waals surface area (Å²) in [5, 5.41) is 3.69. The number of carbonyl (C=O) groups is 1. The van der Waals surface area contributed by atoms with Crippen LogP contribution in [-0.4, -0.2) is 52.6 Å². The Kier molecular flexibility index (Phi) is 7.26. The molecule has 0 aromatic heterocycles. The highest BCUT2D eigenvalue weighted by molar-refractivity contribution is 7.86. The average Bonchev–Trinajstić information content (AvgIpc) is 2.77. The minimum absolute atomic E-state index is 0.0757. The molecule has 10 nitrogen and oxygen atoms in total. The van der Waals surface area contributed by atoms with Gasteiger partial charge >= 0.3 is 5.97 Å². The van der Waals surface area contributed by atoms with E-state index in [2.05, 4.69) is 10.0 Å². The summed E-state index contributed by atoms with van der Waals surface area (Å²) in [4.78, 5) is 15.5. The zero-order chi connectivity index (χ0) is 22.4. The summed E-state index contributed by atoms with van der Waals surface area (Å²) in [6.07, 6.45) is -3.72. The minimum Gasteiger partial charge on any atom is -0.450 e. The van der Waals surface area contributed by atoms with Crippen LogP contribution in [0.15, 0.2) is 64.6 Å². The van der Waals surface area contributed by atoms with Gasteiger partial charge in [-0.2, -0.15) is 8.42 Å². The van der Waals surface area contributed by atoms with Crippen LogP contribution in [-0.2, 0) is 28.5 Å². The van der Waals surface area contributed by atoms with Gasteiger partial charge in [0.2, 0.25) is 4.91 Å². The van der Waals surface area contributed by atoms with E-state index < -0.39 is 40.6 Å². The molecule has 0 spiro atoms. The number of hydrogen-bond acceptors (Lipinski definition) is 9. The lowest BCUT2D eigenvalue weighted by Crippen LogP contribution is -2.56. The second-order valence-corrected chi connectivity index (χ2v) is 8.36. The van der Waals surface area contributed by atoms with E-state index in [1.807, 2.05) is 6.92 Å². The summed E-state index contributed by atoms with van der Waals surface area (Å²) in [6, 6.07) is 13.2. The number of hydrogen-bond donors (Lipinski definition) is 1. The molecule has 1 heterocycles. The van der Waals surface area contributed by atoms with Gasteiger partial charge in [-0.15, -0.1) is 0 Å². The van der Waals surface area contributed by atoms with Gasteiger partial charge in [-0.05, 0) is 31.2 Å². The lowest BCUT2D eigenvalue weighted by atomic mass is 10.0. The van der Waals surface area contributed by atoms with E-state index in [9.17, 15) is 13.2 Å². The predicted octanol–water partition coefficient (Wildman–Crippen LogP) is 2.22. The van der Waals surface area contributed by atoms with Gasteiger partial charge in [0, 0.05) is 7.11 Å². The van der Waals surface area contributed by atoms with Crippen molar-refractivity contribution in [3.63, 3.8) is 0 Å². The number of rotatable bonds is 7. The largest absolute Gasteiger partial charge is 0.450 e. The third-order valence-corrected chi connectivity index (χ3v) is 5.97. The van der Waals surface area contributed by atoms with Crippen molar-refractivity contribution >= 4 is 16.1 Å². The van der Waals surface area contributed by atoms with Crippen LogP contribution in [0.1, 0.15) is 15.9 Å². The van der Waals surface area contributed by atoms with Gasteiger partial charge < -0.3 is 14.2 Å². The molecule has 1 aliphatic rings. The molecule has 3 rings (SSSR count). The first-order chi connectivity index (χ1) is 14.9. The van der Waals surface area contributed by atoms with Gasteiger partial charge in [0.05, 0.1) is 17.1 Å². The summed E-state index contributed by atoms with van der Waals surface area (Å²) in [7, 11) is -2.93. The van der Waals surface area contributed by atoms with Crippen molar-refractivity contribution in [3.8, 4) is 0 Å². The fraction of sp³-hybridized carbons (Fsp3) is 0.350. The summed E-state index contributed by atoms with van der Waals surface area (Å²) >= 11 is 0. The van der Waals surface area contributed by atoms with Crippen LogP contribution in [0.3, 0.4) is 0 Å². The Morgan fingerprint density at radius 3 is 2.42 bits per heavy atom. The molecule has 1 aliphatic heterocycles. The van der Waals surface area contributed by atoms with Crippen LogP contribution in [0.2, 0.25) is 0 Å². The van der Waals surface area contributed by atoms with Gasteiger partial charge in [-0.1, -0.05) is 35.9 Å². The summed E-state index contributed by atoms with van der Waals surface area (Å²) in [5.41, 5.74) is 8.17. The van der Waals surface area contributed by atoms with E-state index >= 15 is 0 Å². The van der Waals surface area contributed by atoms with Crippen LogP contribution < -0.4 is 4.91 Å². The molecule has 4 atom stereocenters. The van der Waals surface area contributed by atoms with E-state index in [0.717, 1.165) is 5.56 Å². The van der Waals surface area contributed by atoms with Crippen molar-refractivity contribution in [1.29, 1.82) is 5.53 Å². The molecule has 0 amide bonds. The number of aryl methyl sites for hydroxylation is 1. The maximum absolute atomic E-state index is 12.9. The number of ether oxygens (including phenoxy) is 3. The van der Waals surface area contributed by atoms with E-state index in [-0.39, 0.29) is 17.1 Å². The first-order valence-corrected chi connectivity index (χ1v) is 10.7. The highest BCUT2D eigenvalue weighted by Crippen LogP contribution is 2.28. The van der Waals surface area contributed by atoms with Gasteiger partial charge in [-0.3, -0.25) is 4.18 Å². The second kappa shape index (κ2) is 9.90. The zero-order valence-corrected chi connectivity index (χ0v) is 17.7. The van der Waals surface area contributed by atoms with E-state index in [1.165, 1.54) is 19.2 Å². The predicted molar refractivity (Wildman–Crippen MR) is 107 cm³/mol. The van der Waals surface area contributed by atoms with Crippen molar-refractivity contribution in [1.82, 2.24) is 4.91 Å². The Morgan fingerprint density at radius 2 is 1.81 bits per heavy atom. The zero-order valence-electron chi connectivity index (χ0n) is 16.9. The van der Waals surface area contributed by atoms with Crippen LogP contribution in [0.5, 0.6) is 0 Å². The van der Waals surface area contributed by atoms with E-state index in [1.54, 1.807) is 42.5 Å². The van der Waals surface area contributed by atoms with Crippen molar-refractivity contribution in [2.45, 2.75) is 36.4 Å². The van der Waals surface area contributed by atoms with Crippen LogP contribution >= 0.6 is 0 Å². The molecule has 164 valence electrons. The van der Waals surface area contributed by atoms with Crippen molar-refractivity contribution in [3.05, 3.63) is 65.7 Å². The molecule has 0 aliphatic carbocycles. The highest BCUT2D eigenvalue weighted by atomic mass is 32.2. The smallest absolute Gasteiger partial charge is 0.338 e. The van der Waals surface area contributed by atoms with E-state index in [0.29, 0.717) is 0 Å². The number of nitrogens with zero attached hydrogens (tertiary/aromatic N) is 2. The highest BCUT2D eigenvalue weighted by Gasteiger charge is 2.49. The van der Waals surface area contributed by atoms with Gasteiger partial charge in [0.25, 0.3) is 10.1 Å². The molecular weight excluding hydrogens is 426 g/mol. The molecule has 1 fully saturated rings. The fourth-order valence-electron chi connectivity index (χ4n) is 3.05. The fourth-order valence-corrected chi connectivity index (χ4v) is 4.16. The Balaban J connectivity index is 1.94. The summed E-state index contributed by atoms with van der Waals surface area (Å²) in [5.74, 6) is -0.721. The maximum atomic E-state index is 12.9. The van der Waals surface area contributed by atoms with Crippen molar-refractivity contribution in [2.75, 3.05) is 13.7 Å². The van der Waals surface area contributed by atoms with E-state index in [4.69, 9.17) is 23.9 Å². The van der Waals surface area contributed by atoms with Crippen molar-refractivity contribution < 1.29 is 31.6 Å². The van der Waals surface area contributed by atoms with Crippen LogP contribution in [0, 0.1) is 12.5 Å². The Labute approximate surface area is 179 Å². The molecule has 31 heavy (non-hydrogen) atoms. The standard InChI is InChI=1S/C20H22N3O7S/c1-13-8-10-15(11-9-13)31(25,26)30-17-16(22-23-21)12-28-20(27-2)18(17)29-19(24)14-6-4-3-5-7-14/h3-11,16-18,20-21H,12H2,1-2H3/q+1. The molecule has 0 bridgehead atoms. The maximum Gasteiger partial charge on any atom is 0.338 e. The molecule has 2 aromatic rings. The lowest BCUT2D eigenvalue weighted by molar-refractivity contribution is -0.233. The minimum atomic E-state index is -4.26. The van der Waals surface area contributed by atoms with Crippen LogP contribution in [0.25, 0.3) is 0 Å². The second-order valence-electron chi connectivity index (χ2n) is 6.78. The lowest BCUT2D eigenvalue weighted by Gasteiger charge is -2.37. The first-order valence-electron chi connectivity index (χ1n) is 9.32. The molecule has 0 saturated carbocycles. The van der Waals surface area contributed by atoms with Gasteiger partial charge in [0.15, 0.2) is 24.5 Å². The Bertz CT molecular complexity index is 1050. The third kappa shape index (κ3) is 5.40. The normalized spacial score (nSPS) is 23.5. The summed E-state index contributed by atoms with van der Waals surface area (Å²) in [6.45, 7) is 1.68. The molecule has 1 N–H and O–H groups in total. The number of benzene rings is 2. The molecule has 2 aromatic carbocycles. The molecular formula is C20H22N3O7S+. The number of carbonyl (C=O) groups excluding carboxylic acids is 1. The first kappa shape index (κ1) is 22.7. The average molecular weight is 448 g/mol. The van der Waals surface area contributed by atoms with Crippen LogP contribution in [0.4, 0.5) is 0 Å².